The molecular formula is C14H15ClN4O. The second kappa shape index (κ2) is 7.45. The van der Waals surface area contributed by atoms with Crippen LogP contribution in [-0.4, -0.2) is 27.6 Å². The average Bonchev–Trinajstić information content (AvgIpc) is 2.96. The number of hydrogen-bond donors (Lipinski definition) is 2. The molecule has 0 saturated carbocycles. The lowest BCUT2D eigenvalue weighted by Crippen LogP contribution is -2.22. The first-order chi connectivity index (χ1) is 9.75. The minimum absolute atomic E-state index is 0.137. The van der Waals surface area contributed by atoms with Gasteiger partial charge in [-0.15, -0.1) is 0 Å². The molecule has 104 valence electrons. The zero-order chi connectivity index (χ0) is 14.2. The minimum atomic E-state index is -0.137. The summed E-state index contributed by atoms with van der Waals surface area (Å²) in [6.45, 7) is 0.590. The summed E-state index contributed by atoms with van der Waals surface area (Å²) < 4.78 is 0. The number of aromatic nitrogens is 3. The Bertz CT molecular complexity index is 581. The van der Waals surface area contributed by atoms with Crippen molar-refractivity contribution in [2.24, 2.45) is 0 Å². The zero-order valence-electron chi connectivity index (χ0n) is 10.8. The van der Waals surface area contributed by atoms with E-state index in [2.05, 4.69) is 20.5 Å². The lowest BCUT2D eigenvalue weighted by molar-refractivity contribution is -0.116. The van der Waals surface area contributed by atoms with Crippen molar-refractivity contribution in [1.82, 2.24) is 20.5 Å². The van der Waals surface area contributed by atoms with E-state index in [4.69, 9.17) is 11.6 Å². The molecule has 2 N–H and O–H groups in total. The maximum atomic E-state index is 11.6. The third kappa shape index (κ3) is 4.51. The fourth-order valence-electron chi connectivity index (χ4n) is 1.65. The second-order valence-corrected chi connectivity index (χ2v) is 4.59. The standard InChI is InChI=1S/C14H15ClN4O/c15-12-5-2-1-4-11(12)7-8-14(20)16-9-3-6-13-17-10-18-19-13/h1-2,4-5,7-8,10H,3,6,9H2,(H,16,20)(H,17,18,19). The van der Waals surface area contributed by atoms with Gasteiger partial charge in [0.05, 0.1) is 0 Å². The van der Waals surface area contributed by atoms with E-state index in [0.717, 1.165) is 24.2 Å². The molecule has 0 radical (unpaired) electrons. The third-order valence-electron chi connectivity index (χ3n) is 2.67. The Morgan fingerprint density at radius 1 is 1.40 bits per heavy atom. The first-order valence-electron chi connectivity index (χ1n) is 6.30. The van der Waals surface area contributed by atoms with Gasteiger partial charge in [-0.05, 0) is 24.1 Å². The van der Waals surface area contributed by atoms with E-state index in [1.54, 1.807) is 12.1 Å². The number of benzene rings is 1. The monoisotopic (exact) mass is 290 g/mol. The van der Waals surface area contributed by atoms with Gasteiger partial charge >= 0.3 is 0 Å². The molecule has 0 aliphatic rings. The molecule has 1 amide bonds. The van der Waals surface area contributed by atoms with Crippen LogP contribution in [0.3, 0.4) is 0 Å². The number of rotatable bonds is 6. The molecule has 0 spiro atoms. The normalized spacial score (nSPS) is 10.8. The van der Waals surface area contributed by atoms with E-state index in [0.29, 0.717) is 11.6 Å². The summed E-state index contributed by atoms with van der Waals surface area (Å²) in [5.74, 6) is 0.688. The lowest BCUT2D eigenvalue weighted by atomic mass is 10.2. The number of hydrogen-bond acceptors (Lipinski definition) is 3. The highest BCUT2D eigenvalue weighted by Gasteiger charge is 1.99. The molecule has 0 aliphatic heterocycles. The quantitative estimate of drug-likeness (QED) is 0.633. The minimum Gasteiger partial charge on any atom is -0.353 e. The maximum Gasteiger partial charge on any atom is 0.244 e. The molecule has 20 heavy (non-hydrogen) atoms. The van der Waals surface area contributed by atoms with Crippen LogP contribution >= 0.6 is 11.6 Å². The Kier molecular flexibility index (Phi) is 5.32. The number of nitrogens with zero attached hydrogens (tertiary/aromatic N) is 2. The number of aromatic amines is 1. The first-order valence-corrected chi connectivity index (χ1v) is 6.68. The van der Waals surface area contributed by atoms with Gasteiger partial charge in [0.25, 0.3) is 0 Å². The van der Waals surface area contributed by atoms with E-state index in [9.17, 15) is 4.79 Å². The molecule has 1 heterocycles. The van der Waals surface area contributed by atoms with Gasteiger partial charge in [-0.2, -0.15) is 5.10 Å². The predicted molar refractivity (Wildman–Crippen MR) is 78.2 cm³/mol. The molecular weight excluding hydrogens is 276 g/mol. The van der Waals surface area contributed by atoms with Crippen LogP contribution in [0.5, 0.6) is 0 Å². The summed E-state index contributed by atoms with van der Waals surface area (Å²) in [5.41, 5.74) is 0.825. The number of H-pyrrole nitrogens is 1. The van der Waals surface area contributed by atoms with Crippen LogP contribution in [0, 0.1) is 0 Å². The van der Waals surface area contributed by atoms with Crippen LogP contribution in [0.1, 0.15) is 17.8 Å². The Morgan fingerprint density at radius 3 is 3.00 bits per heavy atom. The van der Waals surface area contributed by atoms with Crippen LogP contribution in [0.25, 0.3) is 6.08 Å². The summed E-state index contributed by atoms with van der Waals surface area (Å²) in [6.07, 6.45) is 6.22. The summed E-state index contributed by atoms with van der Waals surface area (Å²) in [6, 6.07) is 7.37. The molecule has 0 bridgehead atoms. The van der Waals surface area contributed by atoms with E-state index in [1.165, 1.54) is 12.4 Å². The Balaban J connectivity index is 1.71. The molecule has 1 aromatic heterocycles. The molecule has 1 aromatic carbocycles. The van der Waals surface area contributed by atoms with Crippen molar-refractivity contribution in [2.75, 3.05) is 6.54 Å². The van der Waals surface area contributed by atoms with Crippen molar-refractivity contribution in [2.45, 2.75) is 12.8 Å². The largest absolute Gasteiger partial charge is 0.353 e. The zero-order valence-corrected chi connectivity index (χ0v) is 11.6. The fraction of sp³-hybridized carbons (Fsp3) is 0.214. The molecule has 0 saturated heterocycles. The van der Waals surface area contributed by atoms with Crippen molar-refractivity contribution >= 4 is 23.6 Å². The molecule has 0 atom stereocenters. The molecule has 2 rings (SSSR count). The van der Waals surface area contributed by atoms with Crippen molar-refractivity contribution in [3.8, 4) is 0 Å². The predicted octanol–water partition coefficient (Wildman–Crippen LogP) is 2.22. The lowest BCUT2D eigenvalue weighted by Gasteiger charge is -2.01. The third-order valence-corrected chi connectivity index (χ3v) is 3.02. The van der Waals surface area contributed by atoms with Crippen molar-refractivity contribution in [1.29, 1.82) is 0 Å². The van der Waals surface area contributed by atoms with E-state index in [1.807, 2.05) is 18.2 Å². The fourth-order valence-corrected chi connectivity index (χ4v) is 1.85. The van der Waals surface area contributed by atoms with Crippen molar-refractivity contribution in [3.05, 3.63) is 53.1 Å². The number of amides is 1. The van der Waals surface area contributed by atoms with Crippen LogP contribution < -0.4 is 5.32 Å². The highest BCUT2D eigenvalue weighted by Crippen LogP contribution is 2.15. The van der Waals surface area contributed by atoms with Crippen LogP contribution in [0.2, 0.25) is 5.02 Å². The number of carbonyl (C=O) groups excluding carboxylic acids is 1. The highest BCUT2D eigenvalue weighted by atomic mass is 35.5. The number of halogens is 1. The molecule has 0 fully saturated rings. The Morgan fingerprint density at radius 2 is 2.25 bits per heavy atom. The molecule has 6 heteroatoms. The Labute approximate surface area is 122 Å². The number of nitrogens with one attached hydrogen (secondary N) is 2. The average molecular weight is 291 g/mol. The van der Waals surface area contributed by atoms with Gasteiger partial charge < -0.3 is 5.32 Å². The van der Waals surface area contributed by atoms with Gasteiger partial charge in [-0.1, -0.05) is 29.8 Å². The summed E-state index contributed by atoms with van der Waals surface area (Å²) in [5, 5.41) is 9.97. The summed E-state index contributed by atoms with van der Waals surface area (Å²) in [7, 11) is 0. The molecule has 0 unspecified atom stereocenters. The van der Waals surface area contributed by atoms with Gasteiger partial charge in [-0.25, -0.2) is 4.98 Å². The van der Waals surface area contributed by atoms with Crippen LogP contribution in [0.15, 0.2) is 36.7 Å². The van der Waals surface area contributed by atoms with E-state index >= 15 is 0 Å². The maximum absolute atomic E-state index is 11.6. The second-order valence-electron chi connectivity index (χ2n) is 4.18. The van der Waals surface area contributed by atoms with Gasteiger partial charge in [0.15, 0.2) is 0 Å². The van der Waals surface area contributed by atoms with Crippen LogP contribution in [-0.2, 0) is 11.2 Å². The molecule has 5 nitrogen and oxygen atoms in total. The van der Waals surface area contributed by atoms with Gasteiger partial charge in [0.2, 0.25) is 5.91 Å². The smallest absolute Gasteiger partial charge is 0.244 e. The number of aryl methyl sites for hydroxylation is 1. The highest BCUT2D eigenvalue weighted by molar-refractivity contribution is 6.32. The topological polar surface area (TPSA) is 70.7 Å². The van der Waals surface area contributed by atoms with E-state index in [-0.39, 0.29) is 5.91 Å². The summed E-state index contributed by atoms with van der Waals surface area (Å²) in [4.78, 5) is 15.6. The van der Waals surface area contributed by atoms with E-state index < -0.39 is 0 Å². The van der Waals surface area contributed by atoms with Gasteiger partial charge in [0.1, 0.15) is 12.2 Å². The SMILES string of the molecule is O=C(C=Cc1ccccc1Cl)NCCCc1ncn[nH]1. The van der Waals surface area contributed by atoms with Gasteiger partial charge in [-0.3, -0.25) is 9.89 Å². The molecule has 0 aliphatic carbocycles. The number of carbonyl (C=O) groups is 1. The van der Waals surface area contributed by atoms with Crippen LogP contribution in [0.4, 0.5) is 0 Å². The molecule has 2 aromatic rings. The van der Waals surface area contributed by atoms with Gasteiger partial charge in [0, 0.05) is 24.1 Å². The first kappa shape index (κ1) is 14.3. The Hall–Kier alpha value is -2.14. The van der Waals surface area contributed by atoms with Crippen molar-refractivity contribution < 1.29 is 4.79 Å². The van der Waals surface area contributed by atoms with Crippen molar-refractivity contribution in [3.63, 3.8) is 0 Å². The summed E-state index contributed by atoms with van der Waals surface area (Å²) >= 11 is 5.99.